The Morgan fingerprint density at radius 2 is 1.92 bits per heavy atom. The highest BCUT2D eigenvalue weighted by Gasteiger charge is 2.20. The van der Waals surface area contributed by atoms with Gasteiger partial charge < -0.3 is 10.4 Å². The molecule has 0 fully saturated rings. The van der Waals surface area contributed by atoms with Gasteiger partial charge in [0.15, 0.2) is 0 Å². The van der Waals surface area contributed by atoms with E-state index in [1.165, 1.54) is 0 Å². The molecular formula is C10H21NO2. The normalized spacial score (nSPS) is 14.2. The molecule has 0 spiro atoms. The summed E-state index contributed by atoms with van der Waals surface area (Å²) in [4.78, 5) is 10.6. The van der Waals surface area contributed by atoms with Crippen LogP contribution in [0.4, 0.5) is 0 Å². The van der Waals surface area contributed by atoms with Crippen LogP contribution in [0.25, 0.3) is 0 Å². The van der Waals surface area contributed by atoms with E-state index in [9.17, 15) is 4.79 Å². The maximum Gasteiger partial charge on any atom is 0.307 e. The van der Waals surface area contributed by atoms with E-state index >= 15 is 0 Å². The Hall–Kier alpha value is -0.570. The maximum absolute atomic E-state index is 10.6. The van der Waals surface area contributed by atoms with Crippen LogP contribution in [0.3, 0.4) is 0 Å². The Bertz CT molecular complexity index is 164. The number of hydrogen-bond donors (Lipinski definition) is 2. The van der Waals surface area contributed by atoms with E-state index in [2.05, 4.69) is 26.1 Å². The molecule has 0 aliphatic carbocycles. The monoisotopic (exact) mass is 187 g/mol. The molecule has 0 rings (SSSR count). The number of carboxylic acids is 1. The van der Waals surface area contributed by atoms with Gasteiger partial charge in [-0.15, -0.1) is 0 Å². The van der Waals surface area contributed by atoms with Gasteiger partial charge >= 0.3 is 5.97 Å². The summed E-state index contributed by atoms with van der Waals surface area (Å²) in [6.07, 6.45) is 2.05. The maximum atomic E-state index is 10.6. The minimum atomic E-state index is -0.734. The summed E-state index contributed by atoms with van der Waals surface area (Å²) >= 11 is 0. The number of carbonyl (C=O) groups is 1. The van der Waals surface area contributed by atoms with E-state index in [1.807, 2.05) is 0 Å². The van der Waals surface area contributed by atoms with E-state index in [4.69, 9.17) is 5.11 Å². The molecule has 0 aromatic rings. The molecule has 0 saturated carbocycles. The van der Waals surface area contributed by atoms with E-state index in [0.29, 0.717) is 6.54 Å². The predicted octanol–water partition coefficient (Wildman–Crippen LogP) is 1.88. The molecule has 13 heavy (non-hydrogen) atoms. The molecule has 3 nitrogen and oxygen atoms in total. The summed E-state index contributed by atoms with van der Waals surface area (Å²) in [5.41, 5.74) is 0.0870. The van der Waals surface area contributed by atoms with Gasteiger partial charge in [-0.3, -0.25) is 4.79 Å². The van der Waals surface area contributed by atoms with Gasteiger partial charge in [0.1, 0.15) is 0 Å². The largest absolute Gasteiger partial charge is 0.481 e. The van der Waals surface area contributed by atoms with Crippen molar-refractivity contribution in [3.05, 3.63) is 0 Å². The Kier molecular flexibility index (Phi) is 4.99. The van der Waals surface area contributed by atoms with Crippen molar-refractivity contribution in [1.29, 1.82) is 0 Å². The van der Waals surface area contributed by atoms with Crippen molar-refractivity contribution >= 4 is 5.97 Å². The number of nitrogens with one attached hydrogen (secondary N) is 1. The molecule has 0 bridgehead atoms. The molecule has 0 heterocycles. The topological polar surface area (TPSA) is 49.3 Å². The first kappa shape index (κ1) is 12.4. The predicted molar refractivity (Wildman–Crippen MR) is 53.8 cm³/mol. The molecule has 0 aromatic carbocycles. The molecule has 78 valence electrons. The van der Waals surface area contributed by atoms with Crippen molar-refractivity contribution in [2.24, 2.45) is 5.92 Å². The first-order valence-electron chi connectivity index (χ1n) is 4.93. The third kappa shape index (κ3) is 4.27. The molecule has 0 aromatic heterocycles. The van der Waals surface area contributed by atoms with Crippen LogP contribution in [0, 0.1) is 5.92 Å². The molecular weight excluding hydrogens is 166 g/mol. The second kappa shape index (κ2) is 5.22. The minimum absolute atomic E-state index is 0.0870. The van der Waals surface area contributed by atoms with Crippen LogP contribution in [0.5, 0.6) is 0 Å². The number of aliphatic carboxylic acids is 1. The van der Waals surface area contributed by atoms with Crippen molar-refractivity contribution < 1.29 is 9.90 Å². The lowest BCUT2D eigenvalue weighted by atomic mass is 9.95. The van der Waals surface area contributed by atoms with Gasteiger partial charge in [-0.1, -0.05) is 20.8 Å². The van der Waals surface area contributed by atoms with Crippen molar-refractivity contribution in [3.63, 3.8) is 0 Å². The molecule has 2 N–H and O–H groups in total. The van der Waals surface area contributed by atoms with Crippen molar-refractivity contribution in [2.45, 2.75) is 46.1 Å². The van der Waals surface area contributed by atoms with Crippen LogP contribution in [-0.4, -0.2) is 23.2 Å². The van der Waals surface area contributed by atoms with E-state index in [1.54, 1.807) is 6.92 Å². The van der Waals surface area contributed by atoms with Crippen LogP contribution in [0.2, 0.25) is 0 Å². The Morgan fingerprint density at radius 3 is 2.23 bits per heavy atom. The lowest BCUT2D eigenvalue weighted by Gasteiger charge is -2.29. The SMILES string of the molecule is CCC(C)(CC)NCC(C)C(=O)O. The summed E-state index contributed by atoms with van der Waals surface area (Å²) < 4.78 is 0. The van der Waals surface area contributed by atoms with Gasteiger partial charge in [0.05, 0.1) is 5.92 Å². The second-order valence-electron chi connectivity index (χ2n) is 3.89. The lowest BCUT2D eigenvalue weighted by Crippen LogP contribution is -2.44. The summed E-state index contributed by atoms with van der Waals surface area (Å²) in [5, 5.41) is 12.0. The molecule has 1 atom stereocenters. The lowest BCUT2D eigenvalue weighted by molar-refractivity contribution is -0.141. The molecule has 0 aliphatic heterocycles. The van der Waals surface area contributed by atoms with Gasteiger partial charge in [0, 0.05) is 12.1 Å². The second-order valence-corrected chi connectivity index (χ2v) is 3.89. The first-order chi connectivity index (χ1) is 5.95. The van der Waals surface area contributed by atoms with E-state index in [-0.39, 0.29) is 11.5 Å². The summed E-state index contributed by atoms with van der Waals surface area (Å²) in [7, 11) is 0. The molecule has 0 amide bonds. The molecule has 0 saturated heterocycles. The van der Waals surface area contributed by atoms with Crippen LogP contribution >= 0.6 is 0 Å². The summed E-state index contributed by atoms with van der Waals surface area (Å²) in [5.74, 6) is -1.04. The highest BCUT2D eigenvalue weighted by Crippen LogP contribution is 2.13. The van der Waals surface area contributed by atoms with E-state index < -0.39 is 5.97 Å². The van der Waals surface area contributed by atoms with Crippen molar-refractivity contribution in [1.82, 2.24) is 5.32 Å². The third-order valence-corrected chi connectivity index (χ3v) is 2.82. The first-order valence-corrected chi connectivity index (χ1v) is 4.93. The Morgan fingerprint density at radius 1 is 1.46 bits per heavy atom. The van der Waals surface area contributed by atoms with Crippen LogP contribution in [-0.2, 0) is 4.79 Å². The summed E-state index contributed by atoms with van der Waals surface area (Å²) in [6.45, 7) is 8.63. The zero-order chi connectivity index (χ0) is 10.5. The average molecular weight is 187 g/mol. The number of carboxylic acid groups (broad SMARTS) is 1. The highest BCUT2D eigenvalue weighted by molar-refractivity contribution is 5.69. The smallest absolute Gasteiger partial charge is 0.307 e. The van der Waals surface area contributed by atoms with Gasteiger partial charge in [-0.25, -0.2) is 0 Å². The fourth-order valence-electron chi connectivity index (χ4n) is 0.987. The summed E-state index contributed by atoms with van der Waals surface area (Å²) in [6, 6.07) is 0. The van der Waals surface area contributed by atoms with Crippen LogP contribution in [0.1, 0.15) is 40.5 Å². The van der Waals surface area contributed by atoms with Crippen LogP contribution in [0.15, 0.2) is 0 Å². The number of rotatable bonds is 6. The van der Waals surface area contributed by atoms with Gasteiger partial charge in [0.25, 0.3) is 0 Å². The fourth-order valence-corrected chi connectivity index (χ4v) is 0.987. The van der Waals surface area contributed by atoms with E-state index in [0.717, 1.165) is 12.8 Å². The van der Waals surface area contributed by atoms with Crippen molar-refractivity contribution in [3.8, 4) is 0 Å². The molecule has 0 aliphatic rings. The Balaban J connectivity index is 3.92. The molecule has 1 unspecified atom stereocenters. The van der Waals surface area contributed by atoms with Crippen LogP contribution < -0.4 is 5.32 Å². The third-order valence-electron chi connectivity index (χ3n) is 2.82. The molecule has 0 radical (unpaired) electrons. The zero-order valence-electron chi connectivity index (χ0n) is 9.05. The Labute approximate surface area is 80.5 Å². The quantitative estimate of drug-likeness (QED) is 0.667. The van der Waals surface area contributed by atoms with Gasteiger partial charge in [0.2, 0.25) is 0 Å². The van der Waals surface area contributed by atoms with Crippen molar-refractivity contribution in [2.75, 3.05) is 6.54 Å². The number of hydrogen-bond acceptors (Lipinski definition) is 2. The molecule has 3 heteroatoms. The standard InChI is InChI=1S/C10H21NO2/c1-5-10(4,6-2)11-7-8(3)9(12)13/h8,11H,5-7H2,1-4H3,(H,12,13). The zero-order valence-corrected chi connectivity index (χ0v) is 9.05. The minimum Gasteiger partial charge on any atom is -0.481 e. The average Bonchev–Trinajstić information content (AvgIpc) is 2.13. The van der Waals surface area contributed by atoms with Gasteiger partial charge in [-0.2, -0.15) is 0 Å². The highest BCUT2D eigenvalue weighted by atomic mass is 16.4. The fraction of sp³-hybridized carbons (Fsp3) is 0.900. The van der Waals surface area contributed by atoms with Gasteiger partial charge in [-0.05, 0) is 19.8 Å².